The highest BCUT2D eigenvalue weighted by molar-refractivity contribution is 9.10. The number of benzene rings is 1. The Hall–Kier alpha value is -1.16. The van der Waals surface area contributed by atoms with Crippen molar-refractivity contribution in [1.82, 2.24) is 4.57 Å². The molecule has 0 unspecified atom stereocenters. The number of aromatic nitrogens is 1. The second-order valence-electron chi connectivity index (χ2n) is 3.06. The van der Waals surface area contributed by atoms with E-state index in [2.05, 4.69) is 15.9 Å². The molecule has 0 amide bonds. The minimum absolute atomic E-state index is 0.121. The number of aryl methyl sites for hydroxylation is 1. The van der Waals surface area contributed by atoms with Crippen LogP contribution in [-0.4, -0.2) is 4.57 Å². The molecule has 0 N–H and O–H groups in total. The van der Waals surface area contributed by atoms with E-state index in [4.69, 9.17) is 0 Å². The number of pyridine rings is 1. The van der Waals surface area contributed by atoms with Crippen LogP contribution >= 0.6 is 15.9 Å². The summed E-state index contributed by atoms with van der Waals surface area (Å²) in [5.74, 6) is -0.303. The maximum absolute atomic E-state index is 12.9. The number of halogens is 2. The van der Waals surface area contributed by atoms with Crippen LogP contribution < -0.4 is 5.56 Å². The molecule has 0 aliphatic heterocycles. The summed E-state index contributed by atoms with van der Waals surface area (Å²) in [4.78, 5) is 11.5. The van der Waals surface area contributed by atoms with E-state index < -0.39 is 0 Å². The van der Waals surface area contributed by atoms with Crippen LogP contribution in [0.2, 0.25) is 0 Å². The maximum Gasteiger partial charge on any atom is 0.265 e. The van der Waals surface area contributed by atoms with Gasteiger partial charge >= 0.3 is 0 Å². The molecule has 2 rings (SSSR count). The SMILES string of the molecule is Cn1c(=O)c(Br)cc2cc(F)ccc21. The molecular formula is C10H7BrFNO. The zero-order chi connectivity index (χ0) is 10.3. The molecule has 2 aromatic rings. The first kappa shape index (κ1) is 9.40. The van der Waals surface area contributed by atoms with Gasteiger partial charge < -0.3 is 4.57 Å². The number of rotatable bonds is 0. The van der Waals surface area contributed by atoms with Crippen molar-refractivity contribution in [2.24, 2.45) is 7.05 Å². The van der Waals surface area contributed by atoms with Gasteiger partial charge in [0.2, 0.25) is 0 Å². The van der Waals surface area contributed by atoms with Gasteiger partial charge in [0.25, 0.3) is 5.56 Å². The largest absolute Gasteiger partial charge is 0.310 e. The average molecular weight is 256 g/mol. The lowest BCUT2D eigenvalue weighted by molar-refractivity contribution is 0.629. The quantitative estimate of drug-likeness (QED) is 0.709. The first-order valence-corrected chi connectivity index (χ1v) is 4.83. The van der Waals surface area contributed by atoms with Crippen LogP contribution in [0.1, 0.15) is 0 Å². The second kappa shape index (κ2) is 3.20. The van der Waals surface area contributed by atoms with Gasteiger partial charge in [0.1, 0.15) is 5.82 Å². The van der Waals surface area contributed by atoms with E-state index in [1.807, 2.05) is 0 Å². The Morgan fingerprint density at radius 3 is 2.79 bits per heavy atom. The van der Waals surface area contributed by atoms with Gasteiger partial charge in [-0.1, -0.05) is 0 Å². The summed E-state index contributed by atoms with van der Waals surface area (Å²) in [6.45, 7) is 0. The molecule has 2 nitrogen and oxygen atoms in total. The number of fused-ring (bicyclic) bond motifs is 1. The number of nitrogens with zero attached hydrogens (tertiary/aromatic N) is 1. The molecule has 0 bridgehead atoms. The van der Waals surface area contributed by atoms with Gasteiger partial charge in [-0.2, -0.15) is 0 Å². The molecule has 72 valence electrons. The van der Waals surface area contributed by atoms with E-state index in [0.717, 1.165) is 5.52 Å². The molecule has 0 radical (unpaired) electrons. The molecule has 14 heavy (non-hydrogen) atoms. The van der Waals surface area contributed by atoms with E-state index in [-0.39, 0.29) is 11.4 Å². The van der Waals surface area contributed by atoms with E-state index in [0.29, 0.717) is 9.86 Å². The van der Waals surface area contributed by atoms with Crippen LogP contribution in [0, 0.1) is 5.82 Å². The second-order valence-corrected chi connectivity index (χ2v) is 3.91. The van der Waals surface area contributed by atoms with E-state index in [1.54, 1.807) is 19.2 Å². The summed E-state index contributed by atoms with van der Waals surface area (Å²) >= 11 is 3.14. The van der Waals surface area contributed by atoms with Gasteiger partial charge in [0, 0.05) is 12.4 Å². The van der Waals surface area contributed by atoms with Crippen molar-refractivity contribution in [2.75, 3.05) is 0 Å². The number of hydrogen-bond acceptors (Lipinski definition) is 1. The number of hydrogen-bond donors (Lipinski definition) is 0. The lowest BCUT2D eigenvalue weighted by atomic mass is 10.2. The normalized spacial score (nSPS) is 10.8. The van der Waals surface area contributed by atoms with Gasteiger partial charge in [-0.05, 0) is 40.2 Å². The fourth-order valence-corrected chi connectivity index (χ4v) is 1.93. The Morgan fingerprint density at radius 1 is 1.36 bits per heavy atom. The van der Waals surface area contributed by atoms with Crippen LogP contribution in [0.3, 0.4) is 0 Å². The molecule has 0 aliphatic rings. The highest BCUT2D eigenvalue weighted by Gasteiger charge is 2.04. The molecule has 1 heterocycles. The first-order valence-electron chi connectivity index (χ1n) is 4.04. The van der Waals surface area contributed by atoms with Gasteiger partial charge in [-0.25, -0.2) is 4.39 Å². The van der Waals surface area contributed by atoms with Crippen molar-refractivity contribution in [3.05, 3.63) is 44.9 Å². The third-order valence-corrected chi connectivity index (χ3v) is 2.71. The Kier molecular flexibility index (Phi) is 2.15. The summed E-state index contributed by atoms with van der Waals surface area (Å²) in [5, 5.41) is 0.707. The minimum atomic E-state index is -0.303. The molecule has 4 heteroatoms. The highest BCUT2D eigenvalue weighted by Crippen LogP contribution is 2.16. The first-order chi connectivity index (χ1) is 6.59. The Balaban J connectivity index is 2.98. The molecule has 0 aliphatic carbocycles. The van der Waals surface area contributed by atoms with Crippen LogP contribution in [0.5, 0.6) is 0 Å². The molecule has 0 saturated heterocycles. The van der Waals surface area contributed by atoms with Crippen LogP contribution in [-0.2, 0) is 7.05 Å². The maximum atomic E-state index is 12.9. The van der Waals surface area contributed by atoms with Crippen molar-refractivity contribution < 1.29 is 4.39 Å². The summed E-state index contributed by atoms with van der Waals surface area (Å²) in [6.07, 6.45) is 0. The van der Waals surface area contributed by atoms with Crippen LogP contribution in [0.25, 0.3) is 10.9 Å². The Morgan fingerprint density at radius 2 is 2.07 bits per heavy atom. The van der Waals surface area contributed by atoms with Gasteiger partial charge in [-0.3, -0.25) is 4.79 Å². The van der Waals surface area contributed by atoms with Crippen molar-refractivity contribution in [2.45, 2.75) is 0 Å². The zero-order valence-electron chi connectivity index (χ0n) is 7.42. The third-order valence-electron chi connectivity index (χ3n) is 2.14. The smallest absolute Gasteiger partial charge is 0.265 e. The highest BCUT2D eigenvalue weighted by atomic mass is 79.9. The van der Waals surface area contributed by atoms with Gasteiger partial charge in [-0.15, -0.1) is 0 Å². The van der Waals surface area contributed by atoms with Crippen LogP contribution in [0.4, 0.5) is 4.39 Å². The zero-order valence-corrected chi connectivity index (χ0v) is 9.01. The lowest BCUT2D eigenvalue weighted by Gasteiger charge is -2.05. The molecule has 1 aromatic carbocycles. The van der Waals surface area contributed by atoms with Crippen molar-refractivity contribution in [3.8, 4) is 0 Å². The lowest BCUT2D eigenvalue weighted by Crippen LogP contribution is -2.17. The van der Waals surface area contributed by atoms with Crippen molar-refractivity contribution >= 4 is 26.8 Å². The molecule has 0 fully saturated rings. The topological polar surface area (TPSA) is 22.0 Å². The summed E-state index contributed by atoms with van der Waals surface area (Å²) in [6, 6.07) is 5.97. The third kappa shape index (κ3) is 1.35. The Bertz CT molecular complexity index is 562. The van der Waals surface area contributed by atoms with Gasteiger partial charge in [0.05, 0.1) is 9.99 Å². The summed E-state index contributed by atoms with van der Waals surface area (Å²) < 4.78 is 14.8. The van der Waals surface area contributed by atoms with Crippen molar-refractivity contribution in [1.29, 1.82) is 0 Å². The molecule has 0 saturated carbocycles. The standard InChI is InChI=1S/C10H7BrFNO/c1-13-9-3-2-7(12)4-6(9)5-8(11)10(13)14/h2-5H,1H3. The fraction of sp³-hybridized carbons (Fsp3) is 0.100. The Labute approximate surface area is 88.1 Å². The molecule has 1 aromatic heterocycles. The predicted octanol–water partition coefficient (Wildman–Crippen LogP) is 2.44. The minimum Gasteiger partial charge on any atom is -0.310 e. The van der Waals surface area contributed by atoms with Gasteiger partial charge in [0.15, 0.2) is 0 Å². The molecule has 0 spiro atoms. The van der Waals surface area contributed by atoms with Crippen molar-refractivity contribution in [3.63, 3.8) is 0 Å². The fourth-order valence-electron chi connectivity index (χ4n) is 1.41. The predicted molar refractivity (Wildman–Crippen MR) is 56.8 cm³/mol. The molecule has 0 atom stereocenters. The summed E-state index contributed by atoms with van der Waals surface area (Å²) in [5.41, 5.74) is 0.601. The van der Waals surface area contributed by atoms with E-state index >= 15 is 0 Å². The monoisotopic (exact) mass is 255 g/mol. The molecular weight excluding hydrogens is 249 g/mol. The van der Waals surface area contributed by atoms with E-state index in [9.17, 15) is 9.18 Å². The summed E-state index contributed by atoms with van der Waals surface area (Å²) in [7, 11) is 1.66. The van der Waals surface area contributed by atoms with Crippen LogP contribution in [0.15, 0.2) is 33.5 Å². The van der Waals surface area contributed by atoms with E-state index in [1.165, 1.54) is 16.7 Å². The average Bonchev–Trinajstić information content (AvgIpc) is 2.14.